The molecule has 0 heterocycles. The summed E-state index contributed by atoms with van der Waals surface area (Å²) < 4.78 is 0. The van der Waals surface area contributed by atoms with Gasteiger partial charge in [-0.3, -0.25) is 0 Å². The molecule has 0 saturated heterocycles. The normalized spacial score (nSPS) is 14.1. The highest BCUT2D eigenvalue weighted by molar-refractivity contribution is 5.17. The summed E-state index contributed by atoms with van der Waals surface area (Å²) in [5.74, 6) is 7.12. The molecule has 0 aromatic carbocycles. The molecule has 1 radical (unpaired) electrons. The minimum atomic E-state index is 0.350. The highest BCUT2D eigenvalue weighted by Gasteiger charge is 2.55. The van der Waals surface area contributed by atoms with Crippen molar-refractivity contribution in [1.82, 2.24) is 0 Å². The Kier molecular flexibility index (Phi) is 13.6. The Bertz CT molecular complexity index is 402. The first-order chi connectivity index (χ1) is 14.1. The maximum atomic E-state index is 2.49. The van der Waals surface area contributed by atoms with Crippen molar-refractivity contribution in [2.45, 2.75) is 142 Å². The van der Waals surface area contributed by atoms with Crippen LogP contribution in [0.1, 0.15) is 142 Å². The van der Waals surface area contributed by atoms with Crippen LogP contribution in [0.5, 0.6) is 0 Å². The Morgan fingerprint density at radius 1 is 0.387 bits per heavy atom. The standard InChI is InChI=1S/C31H63/c1-22(2)15-29(16-23(3)4)31(20-27(11)12,21-28(13)14)30(17-24(5)6,18-25(7)8)19-26(9)10/h22-28H,15-21H2,1-14H3. The predicted molar refractivity (Wildman–Crippen MR) is 144 cm³/mol. The van der Waals surface area contributed by atoms with E-state index in [1.807, 2.05) is 5.92 Å². The summed E-state index contributed by atoms with van der Waals surface area (Å²) in [4.78, 5) is 0. The molecule has 0 aliphatic rings. The third-order valence-corrected chi connectivity index (χ3v) is 6.91. The summed E-state index contributed by atoms with van der Waals surface area (Å²) >= 11 is 0. The van der Waals surface area contributed by atoms with Gasteiger partial charge in [-0.2, -0.15) is 0 Å². The van der Waals surface area contributed by atoms with E-state index in [9.17, 15) is 0 Å². The van der Waals surface area contributed by atoms with Gasteiger partial charge in [0.2, 0.25) is 0 Å². The van der Waals surface area contributed by atoms with Crippen LogP contribution in [0.15, 0.2) is 0 Å². The van der Waals surface area contributed by atoms with Crippen LogP contribution in [-0.2, 0) is 0 Å². The second kappa shape index (κ2) is 13.6. The lowest BCUT2D eigenvalue weighted by molar-refractivity contribution is -0.0531. The SMILES string of the molecule is CC(C)C[C](CC(C)C)C(CC(C)C)(CC(C)C)C(CC(C)C)(CC(C)C)CC(C)C. The molecule has 0 bridgehead atoms. The highest BCUT2D eigenvalue weighted by Crippen LogP contribution is 2.64. The van der Waals surface area contributed by atoms with Crippen molar-refractivity contribution in [2.75, 3.05) is 0 Å². The van der Waals surface area contributed by atoms with Crippen molar-refractivity contribution in [2.24, 2.45) is 52.3 Å². The summed E-state index contributed by atoms with van der Waals surface area (Å²) in [6, 6.07) is 0. The first-order valence-electron chi connectivity index (χ1n) is 13.9. The zero-order chi connectivity index (χ0) is 24.6. The van der Waals surface area contributed by atoms with Gasteiger partial charge in [-0.25, -0.2) is 0 Å². The van der Waals surface area contributed by atoms with E-state index in [0.717, 1.165) is 41.4 Å². The van der Waals surface area contributed by atoms with Crippen LogP contribution < -0.4 is 0 Å². The van der Waals surface area contributed by atoms with Crippen molar-refractivity contribution in [3.05, 3.63) is 5.92 Å². The Labute approximate surface area is 200 Å². The predicted octanol–water partition coefficient (Wildman–Crippen LogP) is 10.9. The van der Waals surface area contributed by atoms with Crippen LogP contribution >= 0.6 is 0 Å². The molecule has 0 atom stereocenters. The van der Waals surface area contributed by atoms with Gasteiger partial charge in [0.1, 0.15) is 0 Å². The Balaban J connectivity index is 7.17. The summed E-state index contributed by atoms with van der Waals surface area (Å²) in [5.41, 5.74) is 0.750. The van der Waals surface area contributed by atoms with E-state index in [0.29, 0.717) is 10.8 Å². The summed E-state index contributed by atoms with van der Waals surface area (Å²) in [7, 11) is 0. The fraction of sp³-hybridized carbons (Fsp3) is 0.968. The number of hydrogen-bond donors (Lipinski definition) is 0. The van der Waals surface area contributed by atoms with E-state index in [4.69, 9.17) is 0 Å². The average Bonchev–Trinajstić information content (AvgIpc) is 2.49. The van der Waals surface area contributed by atoms with E-state index in [1.54, 1.807) is 0 Å². The monoisotopic (exact) mass is 435 g/mol. The maximum absolute atomic E-state index is 2.49. The topological polar surface area (TPSA) is 0 Å². The molecular weight excluding hydrogens is 372 g/mol. The first kappa shape index (κ1) is 31.0. The van der Waals surface area contributed by atoms with Gasteiger partial charge >= 0.3 is 0 Å². The molecule has 187 valence electrons. The van der Waals surface area contributed by atoms with Gasteiger partial charge in [0.25, 0.3) is 0 Å². The lowest BCUT2D eigenvalue weighted by atomic mass is 9.45. The second-order valence-electron chi connectivity index (χ2n) is 14.2. The molecule has 0 spiro atoms. The van der Waals surface area contributed by atoms with Crippen LogP contribution in [0.2, 0.25) is 0 Å². The first-order valence-corrected chi connectivity index (χ1v) is 13.9. The van der Waals surface area contributed by atoms with Gasteiger partial charge in [-0.1, -0.05) is 96.9 Å². The van der Waals surface area contributed by atoms with Crippen molar-refractivity contribution < 1.29 is 0 Å². The molecule has 0 amide bonds. The molecule has 0 unspecified atom stereocenters. The van der Waals surface area contributed by atoms with Crippen LogP contribution in [0, 0.1) is 58.2 Å². The smallest absolute Gasteiger partial charge is 0.0168 e. The number of rotatable bonds is 16. The minimum absolute atomic E-state index is 0.350. The molecule has 0 nitrogen and oxygen atoms in total. The van der Waals surface area contributed by atoms with Gasteiger partial charge < -0.3 is 0 Å². The third-order valence-electron chi connectivity index (χ3n) is 6.91. The molecule has 0 heteroatoms. The quantitative estimate of drug-likeness (QED) is 0.226. The zero-order valence-corrected chi connectivity index (χ0v) is 24.5. The van der Waals surface area contributed by atoms with Crippen molar-refractivity contribution in [3.63, 3.8) is 0 Å². The van der Waals surface area contributed by atoms with Gasteiger partial charge in [0.05, 0.1) is 0 Å². The van der Waals surface area contributed by atoms with Gasteiger partial charge in [0.15, 0.2) is 0 Å². The van der Waals surface area contributed by atoms with E-state index in [-0.39, 0.29) is 0 Å². The number of hydrogen-bond acceptors (Lipinski definition) is 0. The fourth-order valence-corrected chi connectivity index (χ4v) is 7.21. The van der Waals surface area contributed by atoms with E-state index in [1.165, 1.54) is 44.9 Å². The fourth-order valence-electron chi connectivity index (χ4n) is 7.21. The van der Waals surface area contributed by atoms with Crippen LogP contribution in [0.4, 0.5) is 0 Å². The second-order valence-corrected chi connectivity index (χ2v) is 14.2. The molecule has 0 fully saturated rings. The lowest BCUT2D eigenvalue weighted by Gasteiger charge is -2.60. The molecule has 31 heavy (non-hydrogen) atoms. The van der Waals surface area contributed by atoms with E-state index >= 15 is 0 Å². The van der Waals surface area contributed by atoms with Crippen LogP contribution in [0.3, 0.4) is 0 Å². The molecule has 0 aromatic rings. The summed E-state index contributed by atoms with van der Waals surface area (Å²) in [6.07, 6.45) is 9.49. The zero-order valence-electron chi connectivity index (χ0n) is 24.5. The van der Waals surface area contributed by atoms with E-state index < -0.39 is 0 Å². The van der Waals surface area contributed by atoms with Crippen LogP contribution in [-0.4, -0.2) is 0 Å². The molecule has 0 saturated carbocycles. The summed E-state index contributed by atoms with van der Waals surface area (Å²) in [6.45, 7) is 34.6. The Morgan fingerprint density at radius 2 is 0.645 bits per heavy atom. The Hall–Kier alpha value is 0. The lowest BCUT2D eigenvalue weighted by Crippen LogP contribution is -2.51. The van der Waals surface area contributed by atoms with Crippen molar-refractivity contribution in [1.29, 1.82) is 0 Å². The maximum Gasteiger partial charge on any atom is -0.0168 e. The van der Waals surface area contributed by atoms with Crippen LogP contribution in [0.25, 0.3) is 0 Å². The highest BCUT2D eigenvalue weighted by atomic mass is 14.6. The molecule has 0 rings (SSSR count). The molecule has 0 aromatic heterocycles. The summed E-state index contributed by atoms with van der Waals surface area (Å²) in [5, 5.41) is 0. The average molecular weight is 436 g/mol. The van der Waals surface area contributed by atoms with Crippen molar-refractivity contribution >= 4 is 0 Å². The minimum Gasteiger partial charge on any atom is -0.0628 e. The third kappa shape index (κ3) is 10.2. The molecule has 0 N–H and O–H groups in total. The molecule has 0 aliphatic carbocycles. The van der Waals surface area contributed by atoms with E-state index in [2.05, 4.69) is 96.9 Å². The van der Waals surface area contributed by atoms with Crippen molar-refractivity contribution in [3.8, 4) is 0 Å². The molecular formula is C31H63. The largest absolute Gasteiger partial charge is 0.0628 e. The van der Waals surface area contributed by atoms with Gasteiger partial charge in [-0.15, -0.1) is 0 Å². The molecule has 0 aliphatic heterocycles. The van der Waals surface area contributed by atoms with Gasteiger partial charge in [-0.05, 0) is 103 Å². The van der Waals surface area contributed by atoms with Gasteiger partial charge in [0, 0.05) is 0 Å². The Morgan fingerprint density at radius 3 is 0.839 bits per heavy atom.